The minimum absolute atomic E-state index is 0.0158. The van der Waals surface area contributed by atoms with E-state index in [1.165, 1.54) is 0 Å². The van der Waals surface area contributed by atoms with Crippen molar-refractivity contribution in [2.24, 2.45) is 7.05 Å². The lowest BCUT2D eigenvalue weighted by atomic mass is 9.93. The number of benzene rings is 1. The Bertz CT molecular complexity index is 1200. The van der Waals surface area contributed by atoms with Gasteiger partial charge >= 0.3 is 0 Å². The van der Waals surface area contributed by atoms with Crippen LogP contribution in [0.3, 0.4) is 0 Å². The monoisotopic (exact) mass is 391 g/mol. The van der Waals surface area contributed by atoms with Gasteiger partial charge in [0.2, 0.25) is 0 Å². The molecule has 0 N–H and O–H groups in total. The summed E-state index contributed by atoms with van der Waals surface area (Å²) in [6, 6.07) is 9.22. The van der Waals surface area contributed by atoms with Crippen LogP contribution in [0.15, 0.2) is 55.1 Å². The number of hydrogen-bond donors (Lipinski definition) is 0. The molecule has 0 bridgehead atoms. The van der Waals surface area contributed by atoms with Crippen molar-refractivity contribution < 1.29 is 8.78 Å². The highest BCUT2D eigenvalue weighted by Gasteiger charge is 2.26. The van der Waals surface area contributed by atoms with E-state index in [0.717, 1.165) is 47.4 Å². The first kappa shape index (κ1) is 17.7. The van der Waals surface area contributed by atoms with E-state index in [9.17, 15) is 8.78 Å². The van der Waals surface area contributed by atoms with E-state index in [0.29, 0.717) is 11.1 Å². The second kappa shape index (κ2) is 6.92. The van der Waals surface area contributed by atoms with Gasteiger partial charge in [0.05, 0.1) is 11.7 Å². The van der Waals surface area contributed by atoms with Crippen LogP contribution in [0.5, 0.6) is 0 Å². The van der Waals surface area contributed by atoms with Crippen molar-refractivity contribution >= 4 is 22.4 Å². The minimum atomic E-state index is -2.58. The number of aromatic nitrogens is 4. The SMILES string of the molecule is Cn1cc(-c2cc3c(cc2C(F)F)N(c2nccc4ncccc24)CCC3)cn1. The maximum absolute atomic E-state index is 14.0. The molecule has 7 heteroatoms. The van der Waals surface area contributed by atoms with Crippen molar-refractivity contribution in [3.05, 3.63) is 66.2 Å². The van der Waals surface area contributed by atoms with Crippen LogP contribution < -0.4 is 4.90 Å². The van der Waals surface area contributed by atoms with E-state index < -0.39 is 6.43 Å². The van der Waals surface area contributed by atoms with Crippen LogP contribution in [-0.4, -0.2) is 26.3 Å². The average Bonchev–Trinajstić information content (AvgIpc) is 3.18. The highest BCUT2D eigenvalue weighted by Crippen LogP contribution is 2.41. The maximum Gasteiger partial charge on any atom is 0.264 e. The van der Waals surface area contributed by atoms with E-state index in [1.807, 2.05) is 29.2 Å². The summed E-state index contributed by atoms with van der Waals surface area (Å²) < 4.78 is 29.6. The fraction of sp³-hybridized carbons (Fsp3) is 0.227. The lowest BCUT2D eigenvalue weighted by Crippen LogP contribution is -2.26. The summed E-state index contributed by atoms with van der Waals surface area (Å²) in [5.41, 5.74) is 3.94. The number of alkyl halides is 2. The number of pyridine rings is 2. The molecule has 4 heterocycles. The van der Waals surface area contributed by atoms with E-state index in [4.69, 9.17) is 0 Å². The second-order valence-corrected chi connectivity index (χ2v) is 7.23. The third-order valence-corrected chi connectivity index (χ3v) is 5.38. The van der Waals surface area contributed by atoms with Gasteiger partial charge in [-0.15, -0.1) is 0 Å². The second-order valence-electron chi connectivity index (χ2n) is 7.23. The molecule has 0 atom stereocenters. The Balaban J connectivity index is 1.70. The molecule has 0 aliphatic carbocycles. The molecule has 1 aromatic carbocycles. The first-order valence-electron chi connectivity index (χ1n) is 9.53. The van der Waals surface area contributed by atoms with Gasteiger partial charge in [0, 0.05) is 54.4 Å². The molecule has 1 aliphatic heterocycles. The Kier molecular flexibility index (Phi) is 4.23. The summed E-state index contributed by atoms with van der Waals surface area (Å²) >= 11 is 0. The van der Waals surface area contributed by atoms with Crippen molar-refractivity contribution in [3.8, 4) is 11.1 Å². The average molecular weight is 391 g/mol. The standard InChI is InChI=1S/C22H19F2N5/c1-28-13-15(12-27-28)17-10-14-4-3-9-29(20(14)11-18(17)21(23)24)22-16-5-2-7-25-19(16)6-8-26-22/h2,5-8,10-13,21H,3-4,9H2,1H3. The molecule has 146 valence electrons. The molecule has 0 saturated carbocycles. The Morgan fingerprint density at radius 1 is 1.10 bits per heavy atom. The lowest BCUT2D eigenvalue weighted by molar-refractivity contribution is 0.152. The van der Waals surface area contributed by atoms with Gasteiger partial charge in [0.25, 0.3) is 6.43 Å². The maximum atomic E-state index is 14.0. The number of fused-ring (bicyclic) bond motifs is 2. The fourth-order valence-corrected chi connectivity index (χ4v) is 4.06. The van der Waals surface area contributed by atoms with Gasteiger partial charge in [-0.25, -0.2) is 13.8 Å². The van der Waals surface area contributed by atoms with Crippen molar-refractivity contribution in [2.45, 2.75) is 19.3 Å². The lowest BCUT2D eigenvalue weighted by Gasteiger charge is -2.32. The minimum Gasteiger partial charge on any atom is -0.326 e. The number of nitrogens with zero attached hydrogens (tertiary/aromatic N) is 5. The molecule has 0 spiro atoms. The zero-order valence-corrected chi connectivity index (χ0v) is 15.9. The number of aryl methyl sites for hydroxylation is 2. The molecule has 0 radical (unpaired) electrons. The molecular formula is C22H19F2N5. The van der Waals surface area contributed by atoms with Gasteiger partial charge in [-0.3, -0.25) is 9.67 Å². The summed E-state index contributed by atoms with van der Waals surface area (Å²) in [5, 5.41) is 5.06. The molecule has 3 aromatic heterocycles. The van der Waals surface area contributed by atoms with E-state index in [-0.39, 0.29) is 5.56 Å². The Morgan fingerprint density at radius 3 is 2.79 bits per heavy atom. The highest BCUT2D eigenvalue weighted by atomic mass is 19.3. The molecule has 0 saturated heterocycles. The summed E-state index contributed by atoms with van der Waals surface area (Å²) in [6.07, 6.45) is 6.04. The quantitative estimate of drug-likeness (QED) is 0.490. The van der Waals surface area contributed by atoms with Crippen LogP contribution in [0.4, 0.5) is 20.3 Å². The highest BCUT2D eigenvalue weighted by molar-refractivity contribution is 5.92. The molecule has 1 aliphatic rings. The number of anilines is 2. The smallest absolute Gasteiger partial charge is 0.264 e. The first-order chi connectivity index (χ1) is 14.1. The van der Waals surface area contributed by atoms with Crippen molar-refractivity contribution in [3.63, 3.8) is 0 Å². The zero-order valence-electron chi connectivity index (χ0n) is 15.9. The Labute approximate surface area is 166 Å². The summed E-state index contributed by atoms with van der Waals surface area (Å²) in [6.45, 7) is 0.725. The number of hydrogen-bond acceptors (Lipinski definition) is 4. The summed E-state index contributed by atoms with van der Waals surface area (Å²) in [5.74, 6) is 0.755. The Morgan fingerprint density at radius 2 is 2.00 bits per heavy atom. The fourth-order valence-electron chi connectivity index (χ4n) is 4.06. The topological polar surface area (TPSA) is 46.8 Å². The third kappa shape index (κ3) is 3.03. The largest absolute Gasteiger partial charge is 0.326 e. The molecule has 5 rings (SSSR count). The van der Waals surface area contributed by atoms with Gasteiger partial charge < -0.3 is 4.90 Å². The van der Waals surface area contributed by atoms with Crippen molar-refractivity contribution in [2.75, 3.05) is 11.4 Å². The van der Waals surface area contributed by atoms with Crippen LogP contribution in [-0.2, 0) is 13.5 Å². The summed E-state index contributed by atoms with van der Waals surface area (Å²) in [7, 11) is 1.78. The normalized spacial score (nSPS) is 13.9. The van der Waals surface area contributed by atoms with Crippen molar-refractivity contribution in [1.29, 1.82) is 0 Å². The molecule has 4 aromatic rings. The number of rotatable bonds is 3. The molecule has 0 unspecified atom stereocenters. The van der Waals surface area contributed by atoms with Crippen LogP contribution in [0, 0.1) is 0 Å². The molecule has 29 heavy (non-hydrogen) atoms. The third-order valence-electron chi connectivity index (χ3n) is 5.38. The predicted octanol–water partition coefficient (Wildman–Crippen LogP) is 5.05. The van der Waals surface area contributed by atoms with Gasteiger partial charge in [-0.2, -0.15) is 5.10 Å². The van der Waals surface area contributed by atoms with Gasteiger partial charge in [0.1, 0.15) is 5.82 Å². The van der Waals surface area contributed by atoms with Crippen molar-refractivity contribution in [1.82, 2.24) is 19.7 Å². The van der Waals surface area contributed by atoms with Crippen LogP contribution in [0.2, 0.25) is 0 Å². The molecule has 5 nitrogen and oxygen atoms in total. The van der Waals surface area contributed by atoms with Crippen LogP contribution in [0.25, 0.3) is 22.0 Å². The van der Waals surface area contributed by atoms with E-state index >= 15 is 0 Å². The Hall–Kier alpha value is -3.35. The van der Waals surface area contributed by atoms with Crippen LogP contribution >= 0.6 is 0 Å². The van der Waals surface area contributed by atoms with E-state index in [2.05, 4.69) is 15.1 Å². The first-order valence-corrected chi connectivity index (χ1v) is 9.53. The molecular weight excluding hydrogens is 372 g/mol. The predicted molar refractivity (Wildman–Crippen MR) is 108 cm³/mol. The van der Waals surface area contributed by atoms with Gasteiger partial charge in [-0.05, 0) is 54.3 Å². The van der Waals surface area contributed by atoms with Gasteiger partial charge in [0.15, 0.2) is 0 Å². The molecule has 0 fully saturated rings. The van der Waals surface area contributed by atoms with E-state index in [1.54, 1.807) is 42.6 Å². The summed E-state index contributed by atoms with van der Waals surface area (Å²) in [4.78, 5) is 11.0. The molecule has 0 amide bonds. The zero-order chi connectivity index (χ0) is 20.0. The number of halogens is 2. The van der Waals surface area contributed by atoms with Crippen LogP contribution in [0.1, 0.15) is 24.0 Å². The van der Waals surface area contributed by atoms with Gasteiger partial charge in [-0.1, -0.05) is 0 Å².